The van der Waals surface area contributed by atoms with Gasteiger partial charge in [-0.25, -0.2) is 0 Å². The first-order valence-electron chi connectivity index (χ1n) is 6.36. The van der Waals surface area contributed by atoms with Crippen molar-refractivity contribution >= 4 is 17.5 Å². The van der Waals surface area contributed by atoms with E-state index in [4.69, 9.17) is 0 Å². The molecule has 1 saturated carbocycles. The van der Waals surface area contributed by atoms with Gasteiger partial charge in [-0.05, 0) is 38.8 Å². The monoisotopic (exact) mass is 248 g/mol. The van der Waals surface area contributed by atoms with Crippen molar-refractivity contribution in [2.45, 2.75) is 49.2 Å². The predicted molar refractivity (Wildman–Crippen MR) is 73.3 cm³/mol. The average Bonchev–Trinajstić information content (AvgIpc) is 2.30. The standard InChI is InChI=1S/C15H20OS/c1-15(2,13-10-6-7-11-14(13)16)17-12-8-4-3-5-9-12/h3-5,8-9,13H,6-7,10-11H2,1-2H3. The maximum atomic E-state index is 12.0. The van der Waals surface area contributed by atoms with E-state index in [2.05, 4.69) is 38.1 Å². The summed E-state index contributed by atoms with van der Waals surface area (Å²) in [7, 11) is 0. The van der Waals surface area contributed by atoms with Gasteiger partial charge in [-0.2, -0.15) is 0 Å². The zero-order chi connectivity index (χ0) is 12.3. The van der Waals surface area contributed by atoms with Gasteiger partial charge in [-0.15, -0.1) is 11.8 Å². The summed E-state index contributed by atoms with van der Waals surface area (Å²) in [4.78, 5) is 13.3. The molecule has 17 heavy (non-hydrogen) atoms. The smallest absolute Gasteiger partial charge is 0.137 e. The number of carbonyl (C=O) groups is 1. The summed E-state index contributed by atoms with van der Waals surface area (Å²) in [5, 5.41) is 0. The first-order chi connectivity index (χ1) is 8.09. The molecule has 1 aliphatic carbocycles. The molecule has 0 aromatic heterocycles. The highest BCUT2D eigenvalue weighted by Gasteiger charge is 2.36. The number of rotatable bonds is 3. The molecule has 0 N–H and O–H groups in total. The molecule has 1 atom stereocenters. The molecule has 0 saturated heterocycles. The lowest BCUT2D eigenvalue weighted by atomic mass is 9.80. The molecule has 1 unspecified atom stereocenters. The number of benzene rings is 1. The van der Waals surface area contributed by atoms with Crippen LogP contribution >= 0.6 is 11.8 Å². The van der Waals surface area contributed by atoms with Gasteiger partial charge in [-0.3, -0.25) is 4.79 Å². The lowest BCUT2D eigenvalue weighted by Gasteiger charge is -2.35. The second-order valence-electron chi connectivity index (χ2n) is 5.28. The summed E-state index contributed by atoms with van der Waals surface area (Å²) in [5.41, 5.74) is 0. The molecule has 0 spiro atoms. The Balaban J connectivity index is 2.10. The molecule has 1 aromatic carbocycles. The number of hydrogen-bond acceptors (Lipinski definition) is 2. The first-order valence-corrected chi connectivity index (χ1v) is 7.18. The molecule has 1 aliphatic rings. The van der Waals surface area contributed by atoms with Crippen molar-refractivity contribution in [3.05, 3.63) is 30.3 Å². The largest absolute Gasteiger partial charge is 0.299 e. The Hall–Kier alpha value is -0.760. The summed E-state index contributed by atoms with van der Waals surface area (Å²) in [6, 6.07) is 10.4. The van der Waals surface area contributed by atoms with Gasteiger partial charge in [0.05, 0.1) is 0 Å². The van der Waals surface area contributed by atoms with E-state index in [1.54, 1.807) is 0 Å². The Morgan fingerprint density at radius 3 is 2.53 bits per heavy atom. The van der Waals surface area contributed by atoms with E-state index in [0.29, 0.717) is 5.78 Å². The molecule has 1 fully saturated rings. The highest BCUT2D eigenvalue weighted by molar-refractivity contribution is 8.00. The maximum Gasteiger partial charge on any atom is 0.137 e. The van der Waals surface area contributed by atoms with Crippen LogP contribution in [0, 0.1) is 5.92 Å². The topological polar surface area (TPSA) is 17.1 Å². The van der Waals surface area contributed by atoms with E-state index in [-0.39, 0.29) is 10.7 Å². The molecule has 0 heterocycles. The second kappa shape index (κ2) is 5.26. The number of carbonyl (C=O) groups excluding carboxylic acids is 1. The molecule has 1 nitrogen and oxygen atoms in total. The fourth-order valence-corrected chi connectivity index (χ4v) is 3.87. The molecule has 0 amide bonds. The van der Waals surface area contributed by atoms with Crippen LogP contribution in [0.15, 0.2) is 35.2 Å². The number of ketones is 1. The van der Waals surface area contributed by atoms with Crippen LogP contribution in [0.5, 0.6) is 0 Å². The highest BCUT2D eigenvalue weighted by atomic mass is 32.2. The number of Topliss-reactive ketones (excluding diaryl/α,β-unsaturated/α-hetero) is 1. The Labute approximate surface area is 108 Å². The lowest BCUT2D eigenvalue weighted by molar-refractivity contribution is -0.125. The van der Waals surface area contributed by atoms with Crippen LogP contribution in [-0.2, 0) is 4.79 Å². The molecular weight excluding hydrogens is 228 g/mol. The summed E-state index contributed by atoms with van der Waals surface area (Å²) in [6.07, 6.45) is 4.13. The van der Waals surface area contributed by atoms with E-state index in [0.717, 1.165) is 19.3 Å². The first kappa shape index (κ1) is 12.7. The minimum Gasteiger partial charge on any atom is -0.299 e. The van der Waals surface area contributed by atoms with Crippen LogP contribution in [0.3, 0.4) is 0 Å². The van der Waals surface area contributed by atoms with Gasteiger partial charge in [0.15, 0.2) is 0 Å². The van der Waals surface area contributed by atoms with Crippen LogP contribution in [-0.4, -0.2) is 10.5 Å². The van der Waals surface area contributed by atoms with Gasteiger partial charge in [0.2, 0.25) is 0 Å². The Morgan fingerprint density at radius 2 is 1.88 bits per heavy atom. The maximum absolute atomic E-state index is 12.0. The van der Waals surface area contributed by atoms with E-state index < -0.39 is 0 Å². The molecule has 1 aromatic rings. The third-order valence-electron chi connectivity index (χ3n) is 3.52. The fourth-order valence-electron chi connectivity index (χ4n) is 2.58. The van der Waals surface area contributed by atoms with Crippen molar-refractivity contribution in [2.24, 2.45) is 5.92 Å². The van der Waals surface area contributed by atoms with Crippen molar-refractivity contribution in [3.63, 3.8) is 0 Å². The van der Waals surface area contributed by atoms with Gasteiger partial charge in [0.25, 0.3) is 0 Å². The van der Waals surface area contributed by atoms with E-state index in [9.17, 15) is 4.79 Å². The third-order valence-corrected chi connectivity index (χ3v) is 4.84. The average molecular weight is 248 g/mol. The van der Waals surface area contributed by atoms with Crippen molar-refractivity contribution in [1.29, 1.82) is 0 Å². The highest BCUT2D eigenvalue weighted by Crippen LogP contribution is 2.42. The Morgan fingerprint density at radius 1 is 1.18 bits per heavy atom. The molecule has 2 rings (SSSR count). The summed E-state index contributed by atoms with van der Waals surface area (Å²) >= 11 is 1.84. The van der Waals surface area contributed by atoms with E-state index in [1.807, 2.05) is 17.8 Å². The summed E-state index contributed by atoms with van der Waals surface area (Å²) < 4.78 is 0.0128. The van der Waals surface area contributed by atoms with Crippen molar-refractivity contribution in [1.82, 2.24) is 0 Å². The van der Waals surface area contributed by atoms with Crippen LogP contribution in [0.4, 0.5) is 0 Å². The zero-order valence-corrected chi connectivity index (χ0v) is 11.4. The van der Waals surface area contributed by atoms with Crippen LogP contribution < -0.4 is 0 Å². The second-order valence-corrected chi connectivity index (χ2v) is 7.01. The number of thioether (sulfide) groups is 1. The molecule has 2 heteroatoms. The van der Waals surface area contributed by atoms with Gasteiger partial charge in [0.1, 0.15) is 5.78 Å². The van der Waals surface area contributed by atoms with E-state index in [1.165, 1.54) is 11.3 Å². The zero-order valence-electron chi connectivity index (χ0n) is 10.6. The van der Waals surface area contributed by atoms with Crippen molar-refractivity contribution in [3.8, 4) is 0 Å². The predicted octanol–water partition coefficient (Wildman–Crippen LogP) is 4.32. The van der Waals surface area contributed by atoms with Crippen LogP contribution in [0.2, 0.25) is 0 Å². The van der Waals surface area contributed by atoms with Gasteiger partial charge >= 0.3 is 0 Å². The van der Waals surface area contributed by atoms with Gasteiger partial charge in [-0.1, -0.05) is 24.6 Å². The Kier molecular flexibility index (Phi) is 3.93. The lowest BCUT2D eigenvalue weighted by Crippen LogP contribution is -2.36. The quantitative estimate of drug-likeness (QED) is 0.741. The molecule has 0 radical (unpaired) electrons. The Bertz CT molecular complexity index is 383. The normalized spacial score (nSPS) is 21.5. The van der Waals surface area contributed by atoms with Crippen LogP contribution in [0.25, 0.3) is 0 Å². The van der Waals surface area contributed by atoms with Crippen molar-refractivity contribution < 1.29 is 4.79 Å². The van der Waals surface area contributed by atoms with Gasteiger partial charge < -0.3 is 0 Å². The van der Waals surface area contributed by atoms with Gasteiger partial charge in [0, 0.05) is 22.0 Å². The van der Waals surface area contributed by atoms with Crippen LogP contribution in [0.1, 0.15) is 39.5 Å². The fraction of sp³-hybridized carbons (Fsp3) is 0.533. The minimum absolute atomic E-state index is 0.0128. The molecule has 92 valence electrons. The molecular formula is C15H20OS. The van der Waals surface area contributed by atoms with E-state index >= 15 is 0 Å². The summed E-state index contributed by atoms with van der Waals surface area (Å²) in [5.74, 6) is 0.686. The molecule has 0 bridgehead atoms. The molecule has 0 aliphatic heterocycles. The SMILES string of the molecule is CC(C)(Sc1ccccc1)C1CCCCC1=O. The minimum atomic E-state index is 0.0128. The number of hydrogen-bond donors (Lipinski definition) is 0. The van der Waals surface area contributed by atoms with Crippen molar-refractivity contribution in [2.75, 3.05) is 0 Å². The third kappa shape index (κ3) is 3.12. The summed E-state index contributed by atoms with van der Waals surface area (Å²) in [6.45, 7) is 4.41.